The number of benzene rings is 1. The molecule has 0 bridgehead atoms. The zero-order chi connectivity index (χ0) is 15.2. The van der Waals surface area contributed by atoms with E-state index in [1.54, 1.807) is 7.11 Å². The molecule has 0 aliphatic rings. The molecule has 0 fully saturated rings. The summed E-state index contributed by atoms with van der Waals surface area (Å²) >= 11 is 5.77. The van der Waals surface area contributed by atoms with Gasteiger partial charge < -0.3 is 10.1 Å². The summed E-state index contributed by atoms with van der Waals surface area (Å²) in [5.41, 5.74) is 0.914. The van der Waals surface area contributed by atoms with Crippen LogP contribution in [0.3, 0.4) is 0 Å². The number of ether oxygens (including phenoxy) is 1. The smallest absolute Gasteiger partial charge is 0.311 e. The maximum Gasteiger partial charge on any atom is 0.311 e. The van der Waals surface area contributed by atoms with E-state index >= 15 is 0 Å². The summed E-state index contributed by atoms with van der Waals surface area (Å²) in [4.78, 5) is 14.4. The molecule has 0 spiro atoms. The number of para-hydroxylation sites is 1. The average molecular weight is 308 g/mol. The van der Waals surface area contributed by atoms with Crippen LogP contribution in [0, 0.1) is 10.1 Å². The second-order valence-corrected chi connectivity index (χ2v) is 4.63. The van der Waals surface area contributed by atoms with Crippen molar-refractivity contribution < 1.29 is 9.66 Å². The summed E-state index contributed by atoms with van der Waals surface area (Å²) < 4.78 is 5.26. The van der Waals surface area contributed by atoms with Gasteiger partial charge in [-0.3, -0.25) is 10.1 Å². The van der Waals surface area contributed by atoms with Crippen molar-refractivity contribution in [1.82, 2.24) is 4.98 Å². The van der Waals surface area contributed by atoms with Crippen LogP contribution < -0.4 is 10.1 Å². The Morgan fingerprint density at radius 2 is 2.10 bits per heavy atom. The van der Waals surface area contributed by atoms with Crippen molar-refractivity contribution in [3.63, 3.8) is 0 Å². The van der Waals surface area contributed by atoms with Gasteiger partial charge in [-0.05, 0) is 24.1 Å². The first-order valence-corrected chi connectivity index (χ1v) is 6.66. The molecular weight excluding hydrogens is 294 g/mol. The van der Waals surface area contributed by atoms with Gasteiger partial charge in [-0.15, -0.1) is 0 Å². The van der Waals surface area contributed by atoms with Crippen molar-refractivity contribution in [2.75, 3.05) is 19.0 Å². The van der Waals surface area contributed by atoms with E-state index in [2.05, 4.69) is 10.3 Å². The first kappa shape index (κ1) is 15.1. The molecule has 0 saturated carbocycles. The van der Waals surface area contributed by atoms with Crippen molar-refractivity contribution in [2.24, 2.45) is 0 Å². The SMILES string of the molecule is COc1ccccc1CCNc1nc(Cl)ccc1[N+](=O)[O-]. The number of nitro groups is 1. The minimum Gasteiger partial charge on any atom is -0.496 e. The van der Waals surface area contributed by atoms with Gasteiger partial charge in [0.25, 0.3) is 0 Å². The lowest BCUT2D eigenvalue weighted by Gasteiger charge is -2.09. The van der Waals surface area contributed by atoms with Crippen LogP contribution in [-0.2, 0) is 6.42 Å². The molecule has 0 saturated heterocycles. The fourth-order valence-electron chi connectivity index (χ4n) is 1.93. The molecule has 0 aliphatic carbocycles. The molecule has 1 aromatic heterocycles. The number of halogens is 1. The van der Waals surface area contributed by atoms with Crippen LogP contribution in [-0.4, -0.2) is 23.6 Å². The van der Waals surface area contributed by atoms with Gasteiger partial charge in [-0.1, -0.05) is 29.8 Å². The highest BCUT2D eigenvalue weighted by Gasteiger charge is 2.15. The van der Waals surface area contributed by atoms with Crippen molar-refractivity contribution in [3.8, 4) is 5.75 Å². The fourth-order valence-corrected chi connectivity index (χ4v) is 2.08. The van der Waals surface area contributed by atoms with Crippen LogP contribution in [0.4, 0.5) is 11.5 Å². The Kier molecular flexibility index (Phi) is 4.94. The monoisotopic (exact) mass is 307 g/mol. The van der Waals surface area contributed by atoms with Gasteiger partial charge in [0.05, 0.1) is 12.0 Å². The zero-order valence-electron chi connectivity index (χ0n) is 11.4. The topological polar surface area (TPSA) is 77.3 Å². The number of nitrogens with zero attached hydrogens (tertiary/aromatic N) is 2. The van der Waals surface area contributed by atoms with Crippen LogP contribution in [0.15, 0.2) is 36.4 Å². The van der Waals surface area contributed by atoms with Gasteiger partial charge in [0.15, 0.2) is 0 Å². The molecule has 1 heterocycles. The normalized spacial score (nSPS) is 10.2. The molecule has 21 heavy (non-hydrogen) atoms. The third-order valence-corrected chi connectivity index (χ3v) is 3.13. The van der Waals surface area contributed by atoms with Gasteiger partial charge in [-0.2, -0.15) is 0 Å². The highest BCUT2D eigenvalue weighted by atomic mass is 35.5. The molecule has 7 heteroatoms. The maximum absolute atomic E-state index is 10.9. The van der Waals surface area contributed by atoms with E-state index in [0.717, 1.165) is 11.3 Å². The summed E-state index contributed by atoms with van der Waals surface area (Å²) in [5, 5.41) is 14.1. The van der Waals surface area contributed by atoms with Crippen molar-refractivity contribution in [3.05, 3.63) is 57.2 Å². The molecule has 6 nitrogen and oxygen atoms in total. The van der Waals surface area contributed by atoms with E-state index in [4.69, 9.17) is 16.3 Å². The largest absolute Gasteiger partial charge is 0.496 e. The number of nitrogens with one attached hydrogen (secondary N) is 1. The van der Waals surface area contributed by atoms with E-state index in [0.29, 0.717) is 13.0 Å². The van der Waals surface area contributed by atoms with Crippen molar-refractivity contribution in [1.29, 1.82) is 0 Å². The Morgan fingerprint density at radius 1 is 1.33 bits per heavy atom. The second kappa shape index (κ2) is 6.90. The summed E-state index contributed by atoms with van der Waals surface area (Å²) in [5.74, 6) is 0.954. The van der Waals surface area contributed by atoms with E-state index in [1.165, 1.54) is 12.1 Å². The summed E-state index contributed by atoms with van der Waals surface area (Å²) in [6.07, 6.45) is 0.648. The number of pyridine rings is 1. The first-order chi connectivity index (χ1) is 10.1. The lowest BCUT2D eigenvalue weighted by atomic mass is 10.1. The molecule has 110 valence electrons. The van der Waals surface area contributed by atoms with Crippen LogP contribution >= 0.6 is 11.6 Å². The molecule has 0 amide bonds. The Labute approximate surface area is 126 Å². The van der Waals surface area contributed by atoms with Crippen molar-refractivity contribution >= 4 is 23.1 Å². The fraction of sp³-hybridized carbons (Fsp3) is 0.214. The molecule has 0 unspecified atom stereocenters. The Balaban J connectivity index is 2.07. The third kappa shape index (κ3) is 3.82. The third-order valence-electron chi connectivity index (χ3n) is 2.92. The van der Waals surface area contributed by atoms with Crippen LogP contribution in [0.25, 0.3) is 0 Å². The van der Waals surface area contributed by atoms with Gasteiger partial charge in [-0.25, -0.2) is 4.98 Å². The first-order valence-electron chi connectivity index (χ1n) is 6.28. The van der Waals surface area contributed by atoms with Gasteiger partial charge in [0, 0.05) is 12.6 Å². The number of hydrogen-bond acceptors (Lipinski definition) is 5. The number of hydrogen-bond donors (Lipinski definition) is 1. The molecule has 1 N–H and O–H groups in total. The standard InChI is InChI=1S/C14H14ClN3O3/c1-21-12-5-3-2-4-10(12)8-9-16-14-11(18(19)20)6-7-13(15)17-14/h2-7H,8-9H2,1H3,(H,16,17). The minimum atomic E-state index is -0.491. The predicted molar refractivity (Wildman–Crippen MR) is 81.1 cm³/mol. The van der Waals surface area contributed by atoms with E-state index in [1.807, 2.05) is 24.3 Å². The minimum absolute atomic E-state index is 0.0978. The lowest BCUT2D eigenvalue weighted by molar-refractivity contribution is -0.384. The number of aromatic nitrogens is 1. The quantitative estimate of drug-likeness (QED) is 0.503. The molecule has 0 radical (unpaired) electrons. The summed E-state index contributed by atoms with van der Waals surface area (Å²) in [6.45, 7) is 0.481. The molecule has 2 aromatic rings. The average Bonchev–Trinajstić information content (AvgIpc) is 2.47. The highest BCUT2D eigenvalue weighted by molar-refractivity contribution is 6.29. The number of anilines is 1. The maximum atomic E-state index is 10.9. The number of methoxy groups -OCH3 is 1. The molecule has 0 aliphatic heterocycles. The molecule has 1 aromatic carbocycles. The Hall–Kier alpha value is -2.34. The Bertz CT molecular complexity index is 649. The second-order valence-electron chi connectivity index (χ2n) is 4.25. The van der Waals surface area contributed by atoms with Gasteiger partial charge in [0.2, 0.25) is 5.82 Å². The molecule has 0 atom stereocenters. The zero-order valence-corrected chi connectivity index (χ0v) is 12.1. The van der Waals surface area contributed by atoms with Crippen LogP contribution in [0.1, 0.15) is 5.56 Å². The lowest BCUT2D eigenvalue weighted by Crippen LogP contribution is -2.09. The molecule has 2 rings (SSSR count). The predicted octanol–water partition coefficient (Wildman–Crippen LogP) is 3.31. The summed E-state index contributed by atoms with van der Waals surface area (Å²) in [6, 6.07) is 10.3. The summed E-state index contributed by atoms with van der Waals surface area (Å²) in [7, 11) is 1.61. The number of rotatable bonds is 6. The van der Waals surface area contributed by atoms with Crippen LogP contribution in [0.5, 0.6) is 5.75 Å². The highest BCUT2D eigenvalue weighted by Crippen LogP contribution is 2.24. The van der Waals surface area contributed by atoms with Crippen LogP contribution in [0.2, 0.25) is 5.15 Å². The molecular formula is C14H14ClN3O3. The van der Waals surface area contributed by atoms with E-state index in [-0.39, 0.29) is 16.7 Å². The van der Waals surface area contributed by atoms with Gasteiger partial charge >= 0.3 is 5.69 Å². The van der Waals surface area contributed by atoms with Gasteiger partial charge in [0.1, 0.15) is 10.9 Å². The van der Waals surface area contributed by atoms with Crippen molar-refractivity contribution in [2.45, 2.75) is 6.42 Å². The van der Waals surface area contributed by atoms with E-state index < -0.39 is 4.92 Å². The Morgan fingerprint density at radius 3 is 2.81 bits per heavy atom. The van der Waals surface area contributed by atoms with E-state index in [9.17, 15) is 10.1 Å².